The first-order chi connectivity index (χ1) is 8.40. The Morgan fingerprint density at radius 3 is 2.78 bits per heavy atom. The minimum Gasteiger partial charge on any atom is -0.325 e. The van der Waals surface area contributed by atoms with Gasteiger partial charge in [-0.25, -0.2) is 4.39 Å². The number of hydrogen-bond donors (Lipinski definition) is 1. The maximum atomic E-state index is 13.9. The Hall–Kier alpha value is -0.410. The average Bonchev–Trinajstić information content (AvgIpc) is 2.28. The summed E-state index contributed by atoms with van der Waals surface area (Å²) in [6, 6.07) is 5.26. The van der Waals surface area contributed by atoms with Crippen LogP contribution in [0.25, 0.3) is 0 Å². The van der Waals surface area contributed by atoms with Gasteiger partial charge in [0.2, 0.25) is 0 Å². The second kappa shape index (κ2) is 5.30. The Kier molecular flexibility index (Phi) is 4.12. The van der Waals surface area contributed by atoms with Crippen LogP contribution in [0.5, 0.6) is 0 Å². The predicted octanol–water partition coefficient (Wildman–Crippen LogP) is 4.28. The van der Waals surface area contributed by atoms with E-state index in [9.17, 15) is 4.39 Å². The van der Waals surface area contributed by atoms with Crippen LogP contribution in [-0.4, -0.2) is 5.54 Å². The summed E-state index contributed by atoms with van der Waals surface area (Å²) < 4.78 is 14.7. The standard InChI is InChI=1S/C15H21BrFN/c1-10-3-4-11(2)15(18,8-10)9-12-5-6-13(16)7-14(12)17/h5-7,10-11H,3-4,8-9,18H2,1-2H3. The molecule has 0 spiro atoms. The summed E-state index contributed by atoms with van der Waals surface area (Å²) in [5.74, 6) is 0.945. The summed E-state index contributed by atoms with van der Waals surface area (Å²) in [4.78, 5) is 0. The van der Waals surface area contributed by atoms with Crippen LogP contribution in [0, 0.1) is 17.7 Å². The van der Waals surface area contributed by atoms with Crippen LogP contribution in [0.15, 0.2) is 22.7 Å². The van der Waals surface area contributed by atoms with Crippen molar-refractivity contribution >= 4 is 15.9 Å². The molecule has 18 heavy (non-hydrogen) atoms. The van der Waals surface area contributed by atoms with Gasteiger partial charge in [-0.15, -0.1) is 0 Å². The lowest BCUT2D eigenvalue weighted by Gasteiger charge is -2.42. The highest BCUT2D eigenvalue weighted by Crippen LogP contribution is 2.37. The van der Waals surface area contributed by atoms with Crippen LogP contribution in [-0.2, 0) is 6.42 Å². The highest BCUT2D eigenvalue weighted by Gasteiger charge is 2.37. The summed E-state index contributed by atoms with van der Waals surface area (Å²) in [6.45, 7) is 4.44. The number of hydrogen-bond acceptors (Lipinski definition) is 1. The molecule has 1 aromatic rings. The summed E-state index contributed by atoms with van der Waals surface area (Å²) >= 11 is 3.29. The molecule has 0 heterocycles. The van der Waals surface area contributed by atoms with E-state index in [1.807, 2.05) is 12.1 Å². The van der Waals surface area contributed by atoms with Gasteiger partial charge in [-0.2, -0.15) is 0 Å². The topological polar surface area (TPSA) is 26.0 Å². The van der Waals surface area contributed by atoms with Crippen molar-refractivity contribution in [1.82, 2.24) is 0 Å². The van der Waals surface area contributed by atoms with Gasteiger partial charge in [-0.05, 0) is 48.8 Å². The average molecular weight is 314 g/mol. The fourth-order valence-electron chi connectivity index (χ4n) is 3.04. The maximum absolute atomic E-state index is 13.9. The minimum atomic E-state index is -0.258. The van der Waals surface area contributed by atoms with Gasteiger partial charge in [-0.1, -0.05) is 42.3 Å². The van der Waals surface area contributed by atoms with Crippen LogP contribution in [0.4, 0.5) is 4.39 Å². The van der Waals surface area contributed by atoms with E-state index >= 15 is 0 Å². The van der Waals surface area contributed by atoms with Crippen LogP contribution in [0.3, 0.4) is 0 Å². The highest BCUT2D eigenvalue weighted by molar-refractivity contribution is 9.10. The summed E-state index contributed by atoms with van der Waals surface area (Å²) in [7, 11) is 0. The van der Waals surface area contributed by atoms with Crippen molar-refractivity contribution in [3.05, 3.63) is 34.1 Å². The van der Waals surface area contributed by atoms with E-state index in [0.717, 1.165) is 22.9 Å². The molecule has 1 aromatic carbocycles. The first-order valence-electron chi connectivity index (χ1n) is 6.63. The van der Waals surface area contributed by atoms with Gasteiger partial charge in [0.05, 0.1) is 0 Å². The van der Waals surface area contributed by atoms with E-state index < -0.39 is 0 Å². The van der Waals surface area contributed by atoms with E-state index in [-0.39, 0.29) is 11.4 Å². The quantitative estimate of drug-likeness (QED) is 0.866. The largest absolute Gasteiger partial charge is 0.325 e. The summed E-state index contributed by atoms with van der Waals surface area (Å²) in [5.41, 5.74) is 7.03. The fraction of sp³-hybridized carbons (Fsp3) is 0.600. The Bertz CT molecular complexity index is 435. The second-order valence-electron chi connectivity index (χ2n) is 5.93. The zero-order valence-corrected chi connectivity index (χ0v) is 12.6. The zero-order chi connectivity index (χ0) is 13.3. The molecular formula is C15H21BrFN. The van der Waals surface area contributed by atoms with Gasteiger partial charge in [0.25, 0.3) is 0 Å². The molecule has 3 atom stereocenters. The van der Waals surface area contributed by atoms with Crippen LogP contribution < -0.4 is 5.73 Å². The summed E-state index contributed by atoms with van der Waals surface area (Å²) in [6.07, 6.45) is 4.01. The third-order valence-corrected chi connectivity index (χ3v) is 4.83. The maximum Gasteiger partial charge on any atom is 0.127 e. The van der Waals surface area contributed by atoms with Crippen LogP contribution >= 0.6 is 15.9 Å². The smallest absolute Gasteiger partial charge is 0.127 e. The molecule has 3 unspecified atom stereocenters. The molecule has 0 aromatic heterocycles. The molecular weight excluding hydrogens is 293 g/mol. The van der Waals surface area contributed by atoms with Crippen molar-refractivity contribution in [2.24, 2.45) is 17.6 Å². The van der Waals surface area contributed by atoms with Crippen molar-refractivity contribution in [1.29, 1.82) is 0 Å². The van der Waals surface area contributed by atoms with Crippen molar-refractivity contribution < 1.29 is 4.39 Å². The molecule has 1 nitrogen and oxygen atoms in total. The molecule has 2 rings (SSSR count). The Morgan fingerprint density at radius 1 is 1.39 bits per heavy atom. The number of nitrogens with two attached hydrogens (primary N) is 1. The molecule has 1 aliphatic rings. The molecule has 0 bridgehead atoms. The van der Waals surface area contributed by atoms with Crippen molar-refractivity contribution in [3.63, 3.8) is 0 Å². The summed E-state index contributed by atoms with van der Waals surface area (Å²) in [5, 5.41) is 0. The first-order valence-corrected chi connectivity index (χ1v) is 7.43. The van der Waals surface area contributed by atoms with Gasteiger partial charge in [0.1, 0.15) is 5.82 Å². The highest BCUT2D eigenvalue weighted by atomic mass is 79.9. The molecule has 1 fully saturated rings. The molecule has 100 valence electrons. The monoisotopic (exact) mass is 313 g/mol. The van der Waals surface area contributed by atoms with E-state index in [2.05, 4.69) is 29.8 Å². The lowest BCUT2D eigenvalue weighted by Crippen LogP contribution is -2.51. The molecule has 0 saturated heterocycles. The number of rotatable bonds is 2. The van der Waals surface area contributed by atoms with Gasteiger partial charge in [-0.3, -0.25) is 0 Å². The number of halogens is 2. The fourth-order valence-corrected chi connectivity index (χ4v) is 3.37. The van der Waals surface area contributed by atoms with Gasteiger partial charge < -0.3 is 5.73 Å². The first kappa shape index (κ1) is 14.0. The Balaban J connectivity index is 2.20. The molecule has 0 amide bonds. The van der Waals surface area contributed by atoms with E-state index in [1.165, 1.54) is 12.5 Å². The van der Waals surface area contributed by atoms with Gasteiger partial charge >= 0.3 is 0 Å². The predicted molar refractivity (Wildman–Crippen MR) is 76.9 cm³/mol. The third-order valence-electron chi connectivity index (χ3n) is 4.34. The molecule has 2 N–H and O–H groups in total. The van der Waals surface area contributed by atoms with E-state index in [1.54, 1.807) is 0 Å². The van der Waals surface area contributed by atoms with Crippen LogP contribution in [0.1, 0.15) is 38.7 Å². The Morgan fingerprint density at radius 2 is 2.11 bits per heavy atom. The Labute approximate surface area is 117 Å². The SMILES string of the molecule is CC1CCC(C)C(N)(Cc2ccc(Br)cc2F)C1. The van der Waals surface area contributed by atoms with Gasteiger partial charge in [0, 0.05) is 10.0 Å². The van der Waals surface area contributed by atoms with E-state index in [0.29, 0.717) is 18.3 Å². The van der Waals surface area contributed by atoms with Crippen LogP contribution in [0.2, 0.25) is 0 Å². The lowest BCUT2D eigenvalue weighted by atomic mass is 9.68. The number of benzene rings is 1. The second-order valence-corrected chi connectivity index (χ2v) is 6.85. The van der Waals surface area contributed by atoms with Crippen molar-refractivity contribution in [2.75, 3.05) is 0 Å². The molecule has 1 aliphatic carbocycles. The zero-order valence-electron chi connectivity index (χ0n) is 11.0. The molecule has 3 heteroatoms. The normalized spacial score (nSPS) is 32.5. The third kappa shape index (κ3) is 2.94. The molecule has 1 saturated carbocycles. The van der Waals surface area contributed by atoms with Crippen molar-refractivity contribution in [2.45, 2.75) is 45.1 Å². The van der Waals surface area contributed by atoms with E-state index in [4.69, 9.17) is 5.73 Å². The minimum absolute atomic E-state index is 0.153. The molecule has 0 aliphatic heterocycles. The van der Waals surface area contributed by atoms with Gasteiger partial charge in [0.15, 0.2) is 0 Å². The van der Waals surface area contributed by atoms with Crippen molar-refractivity contribution in [3.8, 4) is 0 Å². The lowest BCUT2D eigenvalue weighted by molar-refractivity contribution is 0.160. The molecule has 0 radical (unpaired) electrons.